The van der Waals surface area contributed by atoms with Crippen LogP contribution in [0.15, 0.2) is 60.9 Å². The van der Waals surface area contributed by atoms with E-state index in [1.165, 1.54) is 30.6 Å². The van der Waals surface area contributed by atoms with E-state index in [9.17, 15) is 14.0 Å². The summed E-state index contributed by atoms with van der Waals surface area (Å²) in [5, 5.41) is 9.48. The standard InChI is InChI=1S/C30H28FN5O6/c1-39-12-13-40-23-16-22-24(26-25(23)41-14-15-42-26)27(33-17-32-22)34-19-6-8-21(9-7-19)36-29(38)30(10-11-30)28(37)35-20-4-2-18(31)3-5-20/h2-9,16-17H,10-15H2,1H3,(H,35,37)(H,36,38)(H,32,33,34). The molecule has 6 rings (SSSR count). The molecular formula is C30H28FN5O6. The second-order valence-corrected chi connectivity index (χ2v) is 9.89. The molecule has 12 heteroatoms. The number of fused-ring (bicyclic) bond motifs is 3. The fourth-order valence-electron chi connectivity index (χ4n) is 4.64. The Labute approximate surface area is 240 Å². The Kier molecular flexibility index (Phi) is 7.44. The van der Waals surface area contributed by atoms with E-state index >= 15 is 0 Å². The fourth-order valence-corrected chi connectivity index (χ4v) is 4.64. The van der Waals surface area contributed by atoms with Gasteiger partial charge in [0.25, 0.3) is 0 Å². The highest BCUT2D eigenvalue weighted by molar-refractivity contribution is 6.17. The van der Waals surface area contributed by atoms with Gasteiger partial charge in [-0.1, -0.05) is 0 Å². The van der Waals surface area contributed by atoms with Crippen molar-refractivity contribution in [3.05, 3.63) is 66.7 Å². The molecule has 1 fully saturated rings. The van der Waals surface area contributed by atoms with Gasteiger partial charge in [-0.2, -0.15) is 0 Å². The van der Waals surface area contributed by atoms with Gasteiger partial charge < -0.3 is 34.9 Å². The Morgan fingerprint density at radius 1 is 0.881 bits per heavy atom. The van der Waals surface area contributed by atoms with Gasteiger partial charge >= 0.3 is 0 Å². The molecule has 4 aromatic rings. The number of aromatic nitrogens is 2. The molecule has 2 heterocycles. The lowest BCUT2D eigenvalue weighted by Gasteiger charge is -2.23. The normalized spacial score (nSPS) is 14.6. The van der Waals surface area contributed by atoms with Gasteiger partial charge in [-0.15, -0.1) is 0 Å². The number of ether oxygens (including phenoxy) is 4. The molecule has 2 aliphatic rings. The Hall–Kier alpha value is -4.97. The van der Waals surface area contributed by atoms with Crippen LogP contribution in [0.1, 0.15) is 12.8 Å². The van der Waals surface area contributed by atoms with Crippen LogP contribution in [0, 0.1) is 11.2 Å². The molecule has 3 N–H and O–H groups in total. The van der Waals surface area contributed by atoms with Crippen LogP contribution in [0.25, 0.3) is 10.9 Å². The van der Waals surface area contributed by atoms with Crippen molar-refractivity contribution in [2.75, 3.05) is 49.5 Å². The molecule has 0 radical (unpaired) electrons. The predicted molar refractivity (Wildman–Crippen MR) is 153 cm³/mol. The van der Waals surface area contributed by atoms with Crippen LogP contribution in [0.2, 0.25) is 0 Å². The maximum atomic E-state index is 13.2. The van der Waals surface area contributed by atoms with Crippen LogP contribution in [0.5, 0.6) is 17.2 Å². The Morgan fingerprint density at radius 2 is 1.50 bits per heavy atom. The zero-order valence-corrected chi connectivity index (χ0v) is 22.7. The lowest BCUT2D eigenvalue weighted by Crippen LogP contribution is -2.35. The average Bonchev–Trinajstić information content (AvgIpc) is 3.82. The molecular weight excluding hydrogens is 545 g/mol. The minimum atomic E-state index is -1.15. The summed E-state index contributed by atoms with van der Waals surface area (Å²) < 4.78 is 36.0. The maximum absolute atomic E-state index is 13.2. The highest BCUT2D eigenvalue weighted by Gasteiger charge is 2.56. The third-order valence-electron chi connectivity index (χ3n) is 7.05. The van der Waals surface area contributed by atoms with Crippen LogP contribution in [-0.2, 0) is 14.3 Å². The zero-order chi connectivity index (χ0) is 29.1. The number of anilines is 4. The number of carbonyl (C=O) groups excluding carboxylic acids is 2. The van der Waals surface area contributed by atoms with Gasteiger partial charge in [0.2, 0.25) is 17.6 Å². The topological polar surface area (TPSA) is 133 Å². The second-order valence-electron chi connectivity index (χ2n) is 9.89. The van der Waals surface area contributed by atoms with Gasteiger partial charge in [-0.05, 0) is 61.4 Å². The number of methoxy groups -OCH3 is 1. The number of amides is 2. The van der Waals surface area contributed by atoms with Crippen LogP contribution < -0.4 is 30.2 Å². The Balaban J connectivity index is 1.16. The third kappa shape index (κ3) is 5.48. The summed E-state index contributed by atoms with van der Waals surface area (Å²) in [6, 6.07) is 14.2. The summed E-state index contributed by atoms with van der Waals surface area (Å²) in [5.41, 5.74) is 1.13. The van der Waals surface area contributed by atoms with Crippen LogP contribution in [0.4, 0.5) is 27.3 Å². The summed E-state index contributed by atoms with van der Waals surface area (Å²) in [5.74, 6) is 0.788. The van der Waals surface area contributed by atoms with Crippen molar-refractivity contribution >= 4 is 45.6 Å². The number of benzene rings is 3. The lowest BCUT2D eigenvalue weighted by atomic mass is 10.0. The molecule has 0 bridgehead atoms. The Morgan fingerprint density at radius 3 is 2.14 bits per heavy atom. The predicted octanol–water partition coefficient (Wildman–Crippen LogP) is 4.67. The van der Waals surface area contributed by atoms with Crippen LogP contribution in [0.3, 0.4) is 0 Å². The summed E-state index contributed by atoms with van der Waals surface area (Å²) in [6.45, 7) is 1.52. The number of nitrogens with one attached hydrogen (secondary N) is 3. The second kappa shape index (κ2) is 11.5. The smallest absolute Gasteiger partial charge is 0.240 e. The van der Waals surface area contributed by atoms with E-state index in [1.807, 2.05) is 0 Å². The number of nitrogens with zero attached hydrogens (tertiary/aromatic N) is 2. The van der Waals surface area contributed by atoms with E-state index in [-0.39, 0.29) is 0 Å². The minimum absolute atomic E-state index is 0.344. The lowest BCUT2D eigenvalue weighted by molar-refractivity contribution is -0.131. The minimum Gasteiger partial charge on any atom is -0.487 e. The highest BCUT2D eigenvalue weighted by atomic mass is 19.1. The van der Waals surface area contributed by atoms with Crippen molar-refractivity contribution < 1.29 is 32.9 Å². The first kappa shape index (κ1) is 27.2. The molecule has 0 unspecified atom stereocenters. The summed E-state index contributed by atoms with van der Waals surface area (Å²) in [7, 11) is 1.60. The van der Waals surface area contributed by atoms with Gasteiger partial charge in [-0.25, -0.2) is 14.4 Å². The molecule has 2 amide bonds. The monoisotopic (exact) mass is 573 g/mol. The molecule has 42 heavy (non-hydrogen) atoms. The molecule has 0 saturated heterocycles. The first-order valence-corrected chi connectivity index (χ1v) is 13.4. The van der Waals surface area contributed by atoms with Gasteiger partial charge in [0.15, 0.2) is 11.5 Å². The molecule has 216 valence electrons. The number of halogens is 1. The molecule has 0 atom stereocenters. The van der Waals surface area contributed by atoms with E-state index in [2.05, 4.69) is 25.9 Å². The van der Waals surface area contributed by atoms with Gasteiger partial charge in [0.05, 0.1) is 17.5 Å². The van der Waals surface area contributed by atoms with Crippen molar-refractivity contribution in [2.45, 2.75) is 12.8 Å². The van der Waals surface area contributed by atoms with Gasteiger partial charge in [0.1, 0.15) is 43.2 Å². The first-order valence-electron chi connectivity index (χ1n) is 13.4. The van der Waals surface area contributed by atoms with Gasteiger partial charge in [-0.3, -0.25) is 9.59 Å². The molecule has 1 aliphatic carbocycles. The zero-order valence-electron chi connectivity index (χ0n) is 22.7. The molecule has 1 aromatic heterocycles. The highest BCUT2D eigenvalue weighted by Crippen LogP contribution is 2.48. The van der Waals surface area contributed by atoms with E-state index in [0.717, 1.165) is 0 Å². The van der Waals surface area contributed by atoms with Crippen molar-refractivity contribution in [1.82, 2.24) is 9.97 Å². The van der Waals surface area contributed by atoms with Crippen molar-refractivity contribution in [3.8, 4) is 17.2 Å². The number of carbonyl (C=O) groups is 2. The average molecular weight is 574 g/mol. The van der Waals surface area contributed by atoms with Crippen LogP contribution >= 0.6 is 0 Å². The number of hydrogen-bond donors (Lipinski definition) is 3. The first-order chi connectivity index (χ1) is 20.5. The maximum Gasteiger partial charge on any atom is 0.240 e. The molecule has 1 aliphatic heterocycles. The van der Waals surface area contributed by atoms with Crippen molar-refractivity contribution in [1.29, 1.82) is 0 Å². The SMILES string of the molecule is COCCOc1cc2ncnc(Nc3ccc(NC(=O)C4(C(=O)Nc5ccc(F)cc5)CC4)cc3)c2c2c1OCCO2. The summed E-state index contributed by atoms with van der Waals surface area (Å²) in [6.07, 6.45) is 2.31. The van der Waals surface area contributed by atoms with E-state index in [1.54, 1.807) is 37.4 Å². The van der Waals surface area contributed by atoms with E-state index < -0.39 is 23.0 Å². The van der Waals surface area contributed by atoms with Crippen LogP contribution in [-0.4, -0.2) is 55.3 Å². The van der Waals surface area contributed by atoms with E-state index in [0.29, 0.717) is 90.3 Å². The summed E-state index contributed by atoms with van der Waals surface area (Å²) >= 11 is 0. The molecule has 1 saturated carbocycles. The summed E-state index contributed by atoms with van der Waals surface area (Å²) in [4.78, 5) is 34.7. The fraction of sp³-hybridized carbons (Fsp3) is 0.267. The van der Waals surface area contributed by atoms with Crippen molar-refractivity contribution in [3.63, 3.8) is 0 Å². The molecule has 11 nitrogen and oxygen atoms in total. The largest absolute Gasteiger partial charge is 0.487 e. The molecule has 3 aromatic carbocycles. The number of rotatable bonds is 10. The Bertz CT molecular complexity index is 1630. The van der Waals surface area contributed by atoms with Gasteiger partial charge in [0, 0.05) is 30.2 Å². The number of hydrogen-bond acceptors (Lipinski definition) is 9. The van der Waals surface area contributed by atoms with E-state index in [4.69, 9.17) is 18.9 Å². The third-order valence-corrected chi connectivity index (χ3v) is 7.05. The van der Waals surface area contributed by atoms with Crippen molar-refractivity contribution in [2.24, 2.45) is 5.41 Å². The quantitative estimate of drug-likeness (QED) is 0.183. The molecule has 0 spiro atoms.